The first-order chi connectivity index (χ1) is 18.4. The van der Waals surface area contributed by atoms with E-state index < -0.39 is 0 Å². The van der Waals surface area contributed by atoms with Gasteiger partial charge < -0.3 is 9.64 Å². The molecule has 0 unspecified atom stereocenters. The molecule has 194 valence electrons. The van der Waals surface area contributed by atoms with E-state index in [9.17, 15) is 4.79 Å². The molecule has 6 heteroatoms. The summed E-state index contributed by atoms with van der Waals surface area (Å²) in [5.74, 6) is 2.64. The quantitative estimate of drug-likeness (QED) is 0.280. The Balaban J connectivity index is 1.37. The molecule has 0 saturated heterocycles. The molecule has 1 amide bonds. The molecule has 0 bridgehead atoms. The maximum Gasteiger partial charge on any atom is 0.233 e. The molecular weight excluding hydrogens is 472 g/mol. The molecule has 3 aromatic carbocycles. The molecule has 0 atom stereocenters. The normalized spacial score (nSPS) is 12.9. The van der Waals surface area contributed by atoms with Crippen molar-refractivity contribution in [1.29, 1.82) is 0 Å². The van der Waals surface area contributed by atoms with Gasteiger partial charge in [0.25, 0.3) is 0 Å². The standard InChI is InChI=1S/C32H34N4O2/c1-22(2)26-9-5-6-11-28(26)31-33-20-25-19-30(37)36(32(25)34-31)21-23-13-15-24(16-14-23)27-10-7-8-12-29(27)38-18-17-35(3)4/h5-16,20,22H,17-19,21H2,1-4H3. The number of anilines is 1. The van der Waals surface area contributed by atoms with Crippen LogP contribution in [0.25, 0.3) is 22.5 Å². The second-order valence-electron chi connectivity index (χ2n) is 10.3. The van der Waals surface area contributed by atoms with Crippen LogP contribution in [0, 0.1) is 0 Å². The van der Waals surface area contributed by atoms with Gasteiger partial charge in [0.1, 0.15) is 18.2 Å². The highest BCUT2D eigenvalue weighted by Crippen LogP contribution is 2.34. The van der Waals surface area contributed by atoms with E-state index in [1.807, 2.05) is 50.6 Å². The van der Waals surface area contributed by atoms with Crippen LogP contribution < -0.4 is 9.64 Å². The molecule has 1 aliphatic rings. The Kier molecular flexibility index (Phi) is 7.52. The van der Waals surface area contributed by atoms with E-state index in [2.05, 4.69) is 66.2 Å². The van der Waals surface area contributed by atoms with Crippen molar-refractivity contribution in [3.05, 3.63) is 95.7 Å². The van der Waals surface area contributed by atoms with Gasteiger partial charge in [0.05, 0.1) is 13.0 Å². The number of carbonyl (C=O) groups excluding carboxylic acids is 1. The summed E-state index contributed by atoms with van der Waals surface area (Å²) in [6.45, 7) is 6.28. The highest BCUT2D eigenvalue weighted by atomic mass is 16.5. The maximum absolute atomic E-state index is 13.0. The molecular formula is C32H34N4O2. The van der Waals surface area contributed by atoms with Crippen LogP contribution in [0.2, 0.25) is 0 Å². The van der Waals surface area contributed by atoms with Crippen LogP contribution in [-0.2, 0) is 17.8 Å². The molecule has 0 saturated carbocycles. The Hall–Kier alpha value is -4.03. The molecule has 0 spiro atoms. The largest absolute Gasteiger partial charge is 0.492 e. The molecule has 38 heavy (non-hydrogen) atoms. The highest BCUT2D eigenvalue weighted by Gasteiger charge is 2.30. The molecule has 1 aromatic heterocycles. The van der Waals surface area contributed by atoms with Crippen LogP contribution in [-0.4, -0.2) is 48.0 Å². The van der Waals surface area contributed by atoms with Gasteiger partial charge in [-0.25, -0.2) is 9.97 Å². The number of amides is 1. The number of carbonyl (C=O) groups is 1. The average molecular weight is 507 g/mol. The average Bonchev–Trinajstić information content (AvgIpc) is 3.23. The second kappa shape index (κ2) is 11.2. The first-order valence-corrected chi connectivity index (χ1v) is 13.1. The highest BCUT2D eigenvalue weighted by molar-refractivity contribution is 6.00. The van der Waals surface area contributed by atoms with Gasteiger partial charge in [-0.3, -0.25) is 9.69 Å². The van der Waals surface area contributed by atoms with Gasteiger partial charge in [-0.15, -0.1) is 0 Å². The van der Waals surface area contributed by atoms with Crippen LogP contribution in [0.3, 0.4) is 0 Å². The zero-order valence-electron chi connectivity index (χ0n) is 22.5. The minimum atomic E-state index is 0.0484. The maximum atomic E-state index is 13.0. The van der Waals surface area contributed by atoms with E-state index in [1.54, 1.807) is 4.90 Å². The number of hydrogen-bond donors (Lipinski definition) is 0. The number of aromatic nitrogens is 2. The fourth-order valence-electron chi connectivity index (χ4n) is 4.77. The van der Waals surface area contributed by atoms with Gasteiger partial charge in [0, 0.05) is 29.4 Å². The minimum Gasteiger partial charge on any atom is -0.492 e. The number of nitrogens with zero attached hydrogens (tertiary/aromatic N) is 4. The summed E-state index contributed by atoms with van der Waals surface area (Å²) in [5.41, 5.74) is 6.27. The van der Waals surface area contributed by atoms with Crippen LogP contribution in [0.15, 0.2) is 79.0 Å². The van der Waals surface area contributed by atoms with Crippen molar-refractivity contribution >= 4 is 11.7 Å². The Morgan fingerprint density at radius 1 is 0.947 bits per heavy atom. The van der Waals surface area contributed by atoms with Crippen molar-refractivity contribution in [1.82, 2.24) is 14.9 Å². The van der Waals surface area contributed by atoms with E-state index >= 15 is 0 Å². The number of fused-ring (bicyclic) bond motifs is 1. The SMILES string of the molecule is CC(C)c1ccccc1-c1ncc2c(n1)N(Cc1ccc(-c3ccccc3OCCN(C)C)cc1)C(=O)C2. The summed E-state index contributed by atoms with van der Waals surface area (Å²) in [6, 6.07) is 24.7. The lowest BCUT2D eigenvalue weighted by Crippen LogP contribution is -2.26. The molecule has 4 aromatic rings. The first-order valence-electron chi connectivity index (χ1n) is 13.1. The summed E-state index contributed by atoms with van der Waals surface area (Å²) < 4.78 is 6.06. The molecule has 0 radical (unpaired) electrons. The smallest absolute Gasteiger partial charge is 0.233 e. The van der Waals surface area contributed by atoms with Crippen molar-refractivity contribution in [3.8, 4) is 28.3 Å². The van der Waals surface area contributed by atoms with E-state index in [1.165, 1.54) is 5.56 Å². The third-order valence-electron chi connectivity index (χ3n) is 6.85. The number of rotatable bonds is 9. The predicted octanol–water partition coefficient (Wildman–Crippen LogP) is 5.96. The van der Waals surface area contributed by atoms with Gasteiger partial charge in [-0.2, -0.15) is 0 Å². The van der Waals surface area contributed by atoms with Crippen molar-refractivity contribution in [2.24, 2.45) is 0 Å². The lowest BCUT2D eigenvalue weighted by atomic mass is 9.97. The summed E-state index contributed by atoms with van der Waals surface area (Å²) in [5, 5.41) is 0. The monoisotopic (exact) mass is 506 g/mol. The summed E-state index contributed by atoms with van der Waals surface area (Å²) >= 11 is 0. The van der Waals surface area contributed by atoms with E-state index in [-0.39, 0.29) is 5.91 Å². The minimum absolute atomic E-state index is 0.0484. The lowest BCUT2D eigenvalue weighted by Gasteiger charge is -2.18. The van der Waals surface area contributed by atoms with Crippen LogP contribution >= 0.6 is 0 Å². The Morgan fingerprint density at radius 2 is 1.66 bits per heavy atom. The summed E-state index contributed by atoms with van der Waals surface area (Å²) in [6.07, 6.45) is 2.14. The molecule has 1 aliphatic heterocycles. The summed E-state index contributed by atoms with van der Waals surface area (Å²) in [4.78, 5) is 26.4. The Labute approximate surface area is 224 Å². The van der Waals surface area contributed by atoms with Gasteiger partial charge in [-0.1, -0.05) is 80.6 Å². The molecule has 2 heterocycles. The molecule has 5 rings (SSSR count). The number of hydrogen-bond acceptors (Lipinski definition) is 5. The number of ether oxygens (including phenoxy) is 1. The van der Waals surface area contributed by atoms with Crippen molar-refractivity contribution in [3.63, 3.8) is 0 Å². The zero-order chi connectivity index (χ0) is 26.6. The number of para-hydroxylation sites is 1. The van der Waals surface area contributed by atoms with E-state index in [0.29, 0.717) is 37.1 Å². The van der Waals surface area contributed by atoms with Gasteiger partial charge >= 0.3 is 0 Å². The zero-order valence-corrected chi connectivity index (χ0v) is 22.5. The number of benzene rings is 3. The van der Waals surface area contributed by atoms with Crippen LogP contribution in [0.5, 0.6) is 5.75 Å². The van der Waals surface area contributed by atoms with E-state index in [4.69, 9.17) is 9.72 Å². The van der Waals surface area contributed by atoms with Gasteiger partial charge in [0.15, 0.2) is 5.82 Å². The van der Waals surface area contributed by atoms with Crippen LogP contribution in [0.4, 0.5) is 5.82 Å². The molecule has 0 N–H and O–H groups in total. The third-order valence-corrected chi connectivity index (χ3v) is 6.85. The fourth-order valence-corrected chi connectivity index (χ4v) is 4.77. The Morgan fingerprint density at radius 3 is 2.39 bits per heavy atom. The fraction of sp³-hybridized carbons (Fsp3) is 0.281. The third kappa shape index (κ3) is 5.46. The first kappa shape index (κ1) is 25.6. The van der Waals surface area contributed by atoms with E-state index in [0.717, 1.165) is 40.1 Å². The number of likely N-dealkylation sites (N-methyl/N-ethyl adjacent to an activating group) is 1. The summed E-state index contributed by atoms with van der Waals surface area (Å²) in [7, 11) is 4.07. The lowest BCUT2D eigenvalue weighted by molar-refractivity contribution is -0.117. The Bertz CT molecular complexity index is 1430. The molecule has 6 nitrogen and oxygen atoms in total. The topological polar surface area (TPSA) is 58.6 Å². The second-order valence-corrected chi connectivity index (χ2v) is 10.3. The van der Waals surface area contributed by atoms with Gasteiger partial charge in [0.2, 0.25) is 5.91 Å². The predicted molar refractivity (Wildman–Crippen MR) is 152 cm³/mol. The van der Waals surface area contributed by atoms with Crippen molar-refractivity contribution in [2.45, 2.75) is 32.7 Å². The molecule has 0 aliphatic carbocycles. The van der Waals surface area contributed by atoms with Crippen LogP contribution in [0.1, 0.15) is 36.5 Å². The van der Waals surface area contributed by atoms with Gasteiger partial charge in [-0.05, 0) is 42.8 Å². The van der Waals surface area contributed by atoms with Crippen molar-refractivity contribution < 1.29 is 9.53 Å². The van der Waals surface area contributed by atoms with Crippen molar-refractivity contribution in [2.75, 3.05) is 32.1 Å². The molecule has 0 fully saturated rings.